The average Bonchev–Trinajstić information content (AvgIpc) is 2.40. The van der Waals surface area contributed by atoms with E-state index in [1.807, 2.05) is 0 Å². The molecular weight excluding hydrogens is 132 g/mol. The molecule has 3 heteroatoms. The highest BCUT2D eigenvalue weighted by Crippen LogP contribution is 2.52. The van der Waals surface area contributed by atoms with Crippen molar-refractivity contribution in [2.45, 2.75) is 6.42 Å². The summed E-state index contributed by atoms with van der Waals surface area (Å²) in [6.45, 7) is 1.59. The first-order chi connectivity index (χ1) is 4.79. The van der Waals surface area contributed by atoms with Crippen LogP contribution < -0.4 is 0 Å². The summed E-state index contributed by atoms with van der Waals surface area (Å²) < 4.78 is 5.13. The highest BCUT2D eigenvalue weighted by molar-refractivity contribution is 5.67. The van der Waals surface area contributed by atoms with Gasteiger partial charge >= 0.3 is 5.97 Å². The van der Waals surface area contributed by atoms with Crippen molar-refractivity contribution in [2.24, 2.45) is 17.8 Å². The van der Waals surface area contributed by atoms with Gasteiger partial charge in [0.15, 0.2) is 0 Å². The topological polar surface area (TPSA) is 46.5 Å². The first-order valence-corrected chi connectivity index (χ1v) is 3.58. The lowest BCUT2D eigenvalue weighted by Gasteiger charge is -1.98. The van der Waals surface area contributed by atoms with Gasteiger partial charge in [0, 0.05) is 6.42 Å². The van der Waals surface area contributed by atoms with Crippen molar-refractivity contribution in [1.82, 2.24) is 0 Å². The number of hydrogen-bond acceptors (Lipinski definition) is 2. The van der Waals surface area contributed by atoms with Gasteiger partial charge in [0.1, 0.15) is 0 Å². The minimum Gasteiger partial charge on any atom is -0.481 e. The van der Waals surface area contributed by atoms with Gasteiger partial charge in [-0.3, -0.25) is 4.79 Å². The second kappa shape index (κ2) is 1.95. The zero-order valence-electron chi connectivity index (χ0n) is 5.62. The Balaban J connectivity index is 1.84. The van der Waals surface area contributed by atoms with E-state index >= 15 is 0 Å². The lowest BCUT2D eigenvalue weighted by molar-refractivity contribution is -0.137. The Morgan fingerprint density at radius 3 is 2.60 bits per heavy atom. The molecule has 1 saturated carbocycles. The molecule has 0 spiro atoms. The van der Waals surface area contributed by atoms with Gasteiger partial charge in [-0.1, -0.05) is 0 Å². The molecule has 2 fully saturated rings. The minimum atomic E-state index is -0.667. The Kier molecular flexibility index (Phi) is 1.20. The maximum Gasteiger partial charge on any atom is 0.303 e. The van der Waals surface area contributed by atoms with E-state index in [1.165, 1.54) is 0 Å². The number of carboxylic acid groups (broad SMARTS) is 1. The maximum absolute atomic E-state index is 10.2. The Morgan fingerprint density at radius 2 is 2.10 bits per heavy atom. The molecular formula is C7H10O3. The lowest BCUT2D eigenvalue weighted by atomic mass is 10.2. The highest BCUT2D eigenvalue weighted by atomic mass is 16.5. The van der Waals surface area contributed by atoms with Crippen molar-refractivity contribution in [3.05, 3.63) is 0 Å². The third-order valence-corrected chi connectivity index (χ3v) is 2.54. The second-order valence-electron chi connectivity index (χ2n) is 3.13. The van der Waals surface area contributed by atoms with Crippen LogP contribution in [0.4, 0.5) is 0 Å². The quantitative estimate of drug-likeness (QED) is 0.605. The third kappa shape index (κ3) is 0.814. The fourth-order valence-corrected chi connectivity index (χ4v) is 1.86. The normalized spacial score (nSPS) is 43.0. The van der Waals surface area contributed by atoms with Gasteiger partial charge in [-0.05, 0) is 17.8 Å². The van der Waals surface area contributed by atoms with Crippen molar-refractivity contribution >= 4 is 5.97 Å². The monoisotopic (exact) mass is 142 g/mol. The molecule has 0 aromatic heterocycles. The minimum absolute atomic E-state index is 0.346. The molecule has 0 aromatic carbocycles. The average molecular weight is 142 g/mol. The summed E-state index contributed by atoms with van der Waals surface area (Å²) in [5.74, 6) is 0.929. The molecule has 0 bridgehead atoms. The van der Waals surface area contributed by atoms with Crippen LogP contribution >= 0.6 is 0 Å². The van der Waals surface area contributed by atoms with Gasteiger partial charge < -0.3 is 9.84 Å². The first kappa shape index (κ1) is 6.16. The molecule has 0 unspecified atom stereocenters. The Labute approximate surface area is 59.0 Å². The van der Waals surface area contributed by atoms with E-state index in [2.05, 4.69) is 0 Å². The van der Waals surface area contributed by atoms with Crippen LogP contribution in [-0.4, -0.2) is 24.3 Å². The molecule has 3 nitrogen and oxygen atoms in total. The summed E-state index contributed by atoms with van der Waals surface area (Å²) in [6.07, 6.45) is 0.346. The summed E-state index contributed by atoms with van der Waals surface area (Å²) in [4.78, 5) is 10.2. The second-order valence-corrected chi connectivity index (χ2v) is 3.13. The van der Waals surface area contributed by atoms with Crippen LogP contribution in [0.15, 0.2) is 0 Å². The fraction of sp³-hybridized carbons (Fsp3) is 0.857. The van der Waals surface area contributed by atoms with E-state index in [0.29, 0.717) is 24.2 Å². The number of rotatable bonds is 2. The van der Waals surface area contributed by atoms with Crippen LogP contribution in [0.5, 0.6) is 0 Å². The largest absolute Gasteiger partial charge is 0.481 e. The van der Waals surface area contributed by atoms with Crippen molar-refractivity contribution < 1.29 is 14.6 Å². The van der Waals surface area contributed by atoms with Crippen molar-refractivity contribution in [2.75, 3.05) is 13.2 Å². The number of hydrogen-bond donors (Lipinski definition) is 1. The maximum atomic E-state index is 10.2. The molecule has 1 N–H and O–H groups in total. The number of aliphatic carboxylic acids is 1. The molecule has 0 amide bonds. The molecule has 0 aromatic rings. The van der Waals surface area contributed by atoms with Crippen LogP contribution in [0, 0.1) is 17.8 Å². The first-order valence-electron chi connectivity index (χ1n) is 3.58. The molecule has 1 aliphatic heterocycles. The van der Waals surface area contributed by atoms with Gasteiger partial charge in [-0.25, -0.2) is 0 Å². The Bertz CT molecular complexity index is 156. The molecule has 2 aliphatic rings. The van der Waals surface area contributed by atoms with E-state index < -0.39 is 5.97 Å². The van der Waals surface area contributed by atoms with Crippen LogP contribution in [0.3, 0.4) is 0 Å². The molecule has 56 valence electrons. The third-order valence-electron chi connectivity index (χ3n) is 2.54. The standard InChI is InChI=1S/C7H10O3/c8-7(9)1-4-5-2-10-3-6(4)5/h4-6H,1-3H2,(H,8,9)/t4-,5+,6-. The molecule has 10 heavy (non-hydrogen) atoms. The summed E-state index contributed by atoms with van der Waals surface area (Å²) in [5.41, 5.74) is 0. The fourth-order valence-electron chi connectivity index (χ4n) is 1.86. The molecule has 1 saturated heterocycles. The number of carbonyl (C=O) groups is 1. The Hall–Kier alpha value is -0.570. The Morgan fingerprint density at radius 1 is 1.50 bits per heavy atom. The molecule has 1 aliphatic carbocycles. The van der Waals surface area contributed by atoms with E-state index in [-0.39, 0.29) is 0 Å². The van der Waals surface area contributed by atoms with Crippen LogP contribution in [0.1, 0.15) is 6.42 Å². The van der Waals surface area contributed by atoms with E-state index in [4.69, 9.17) is 9.84 Å². The lowest BCUT2D eigenvalue weighted by Crippen LogP contribution is -2.03. The molecule has 2 rings (SSSR count). The summed E-state index contributed by atoms with van der Waals surface area (Å²) in [5, 5.41) is 8.44. The van der Waals surface area contributed by atoms with Crippen molar-refractivity contribution in [3.63, 3.8) is 0 Å². The number of fused-ring (bicyclic) bond motifs is 1. The van der Waals surface area contributed by atoms with Gasteiger partial charge in [-0.15, -0.1) is 0 Å². The van der Waals surface area contributed by atoms with Crippen LogP contribution in [0.2, 0.25) is 0 Å². The zero-order valence-corrected chi connectivity index (χ0v) is 5.62. The number of ether oxygens (including phenoxy) is 1. The summed E-state index contributed by atoms with van der Waals surface area (Å²) in [7, 11) is 0. The van der Waals surface area contributed by atoms with Gasteiger partial charge in [-0.2, -0.15) is 0 Å². The van der Waals surface area contributed by atoms with E-state index in [1.54, 1.807) is 0 Å². The summed E-state index contributed by atoms with van der Waals surface area (Å²) >= 11 is 0. The van der Waals surface area contributed by atoms with Gasteiger partial charge in [0.25, 0.3) is 0 Å². The SMILES string of the molecule is O=C(O)C[C@@H]1[C@@H]2COC[C@@H]21. The predicted molar refractivity (Wildman–Crippen MR) is 33.5 cm³/mol. The predicted octanol–water partition coefficient (Wildman–Crippen LogP) is 0.354. The zero-order chi connectivity index (χ0) is 7.14. The molecule has 3 atom stereocenters. The molecule has 0 radical (unpaired) electrons. The van der Waals surface area contributed by atoms with Crippen molar-refractivity contribution in [1.29, 1.82) is 0 Å². The van der Waals surface area contributed by atoms with E-state index in [9.17, 15) is 4.79 Å². The molecule has 1 heterocycles. The van der Waals surface area contributed by atoms with Crippen LogP contribution in [0.25, 0.3) is 0 Å². The van der Waals surface area contributed by atoms with Gasteiger partial charge in [0.05, 0.1) is 13.2 Å². The summed E-state index contributed by atoms with van der Waals surface area (Å²) in [6, 6.07) is 0. The van der Waals surface area contributed by atoms with Crippen molar-refractivity contribution in [3.8, 4) is 0 Å². The number of carboxylic acids is 1. The van der Waals surface area contributed by atoms with E-state index in [0.717, 1.165) is 13.2 Å². The van der Waals surface area contributed by atoms with Crippen LogP contribution in [-0.2, 0) is 9.53 Å². The highest BCUT2D eigenvalue weighted by Gasteiger charge is 2.54. The van der Waals surface area contributed by atoms with Gasteiger partial charge in [0.2, 0.25) is 0 Å². The smallest absolute Gasteiger partial charge is 0.303 e.